The maximum atomic E-state index is 12.5. The SMILES string of the molecule is Cc1cc(-c2ccc(N)c(NCCOC(F)(F)F)c2)cn(C)c1=O.Cc1cc(-c2ccc3nc(C4CCCO4)n(CCOC(F)(F)F)c3c2)cn(C)c1=O. The summed E-state index contributed by atoms with van der Waals surface area (Å²) in [6.45, 7) is 3.00. The molecule has 0 spiro atoms. The molecule has 4 heterocycles. The summed E-state index contributed by atoms with van der Waals surface area (Å²) in [6, 6.07) is 14.3. The number of rotatable bonds is 10. The molecule has 1 atom stereocenters. The molecule has 5 aromatic rings. The Bertz CT molecular complexity index is 2170. The topological polar surface area (TPSA) is 128 Å². The predicted octanol–water partition coefficient (Wildman–Crippen LogP) is 6.99. The summed E-state index contributed by atoms with van der Waals surface area (Å²) in [6.07, 6.45) is -4.49. The molecule has 1 fully saturated rings. The Morgan fingerprint density at radius 1 is 0.833 bits per heavy atom. The number of alkyl halides is 6. The number of nitrogens with zero attached hydrogens (tertiary/aromatic N) is 4. The highest BCUT2D eigenvalue weighted by molar-refractivity contribution is 5.83. The Hall–Kier alpha value is -5.13. The van der Waals surface area contributed by atoms with Crippen LogP contribution in [0.15, 0.2) is 70.5 Å². The molecule has 3 aromatic heterocycles. The zero-order valence-corrected chi connectivity index (χ0v) is 30.0. The number of hydrogen-bond acceptors (Lipinski definition) is 8. The molecular weight excluding hydrogens is 722 g/mol. The standard InChI is InChI=1S/C21H22F3N3O3.C16H18F3N3O2/c1-13-10-15(12-26(2)20(13)28)14-5-6-16-17(11-14)27(7-9-30-21(22,23)24)19(25-16)18-4-3-8-29-18;1-10-7-12(9-22(2)15(10)23)11-3-4-13(20)14(8-11)21-5-6-24-16(17,18)19/h5-6,10-12,18H,3-4,7-9H2,1-2H3;3-4,7-9,21H,5-6,20H2,1-2H3. The van der Waals surface area contributed by atoms with E-state index in [1.165, 1.54) is 9.13 Å². The molecule has 17 heteroatoms. The van der Waals surface area contributed by atoms with Crippen molar-refractivity contribution in [2.75, 3.05) is 37.4 Å². The summed E-state index contributed by atoms with van der Waals surface area (Å²) >= 11 is 0. The number of nitrogen functional groups attached to an aromatic ring is 1. The lowest BCUT2D eigenvalue weighted by Crippen LogP contribution is -2.19. The number of imidazole rings is 1. The van der Waals surface area contributed by atoms with Gasteiger partial charge < -0.3 is 29.5 Å². The lowest BCUT2D eigenvalue weighted by molar-refractivity contribution is -0.325. The first kappa shape index (κ1) is 40.1. The lowest BCUT2D eigenvalue weighted by atomic mass is 10.0. The summed E-state index contributed by atoms with van der Waals surface area (Å²) in [7, 11) is 3.34. The van der Waals surface area contributed by atoms with Gasteiger partial charge in [0.15, 0.2) is 0 Å². The molecule has 0 amide bonds. The molecular formula is C37H40F6N6O5. The third-order valence-corrected chi connectivity index (χ3v) is 8.70. The van der Waals surface area contributed by atoms with Crippen LogP contribution < -0.4 is 22.2 Å². The number of hydrogen-bond donors (Lipinski definition) is 2. The number of fused-ring (bicyclic) bond motifs is 1. The van der Waals surface area contributed by atoms with Crippen molar-refractivity contribution in [1.82, 2.24) is 18.7 Å². The van der Waals surface area contributed by atoms with E-state index in [4.69, 9.17) is 10.5 Å². The van der Waals surface area contributed by atoms with E-state index in [1.807, 2.05) is 18.2 Å². The molecule has 2 aromatic carbocycles. The van der Waals surface area contributed by atoms with Crippen molar-refractivity contribution in [3.63, 3.8) is 0 Å². The van der Waals surface area contributed by atoms with Crippen LogP contribution in [-0.4, -0.2) is 57.8 Å². The first-order chi connectivity index (χ1) is 25.4. The van der Waals surface area contributed by atoms with E-state index < -0.39 is 25.9 Å². The van der Waals surface area contributed by atoms with Crippen molar-refractivity contribution >= 4 is 22.4 Å². The van der Waals surface area contributed by atoms with Crippen molar-refractivity contribution in [3.05, 3.63) is 98.6 Å². The van der Waals surface area contributed by atoms with Gasteiger partial charge in [-0.3, -0.25) is 19.1 Å². The van der Waals surface area contributed by atoms with E-state index in [0.29, 0.717) is 46.0 Å². The summed E-state index contributed by atoms with van der Waals surface area (Å²) in [5.74, 6) is 0.613. The second kappa shape index (κ2) is 16.5. The maximum absolute atomic E-state index is 12.5. The van der Waals surface area contributed by atoms with Gasteiger partial charge in [-0.15, -0.1) is 26.3 Å². The summed E-state index contributed by atoms with van der Waals surface area (Å²) in [4.78, 5) is 28.4. The molecule has 1 aliphatic rings. The summed E-state index contributed by atoms with van der Waals surface area (Å²) in [5, 5.41) is 2.82. The minimum absolute atomic E-state index is 0.000952. The minimum Gasteiger partial charge on any atom is -0.397 e. The average molecular weight is 763 g/mol. The van der Waals surface area contributed by atoms with Crippen molar-refractivity contribution in [2.45, 2.75) is 52.1 Å². The maximum Gasteiger partial charge on any atom is 0.522 e. The van der Waals surface area contributed by atoms with Gasteiger partial charge in [0.05, 0.1) is 35.6 Å². The lowest BCUT2D eigenvalue weighted by Gasteiger charge is -2.15. The van der Waals surface area contributed by atoms with Crippen LogP contribution in [0.4, 0.5) is 37.7 Å². The van der Waals surface area contributed by atoms with Crippen LogP contribution in [-0.2, 0) is 34.9 Å². The Morgan fingerprint density at radius 3 is 1.96 bits per heavy atom. The van der Waals surface area contributed by atoms with Crippen LogP contribution in [0.1, 0.15) is 35.9 Å². The monoisotopic (exact) mass is 762 g/mol. The van der Waals surface area contributed by atoms with Crippen LogP contribution in [0.3, 0.4) is 0 Å². The third kappa shape index (κ3) is 10.1. The normalized spacial score (nSPS) is 14.7. The molecule has 54 heavy (non-hydrogen) atoms. The van der Waals surface area contributed by atoms with Gasteiger partial charge in [0.1, 0.15) is 11.9 Å². The second-order valence-corrected chi connectivity index (χ2v) is 12.8. The number of aryl methyl sites for hydroxylation is 4. The van der Waals surface area contributed by atoms with Gasteiger partial charge >= 0.3 is 12.7 Å². The zero-order valence-electron chi connectivity index (χ0n) is 30.0. The zero-order chi connectivity index (χ0) is 39.4. The van der Waals surface area contributed by atoms with Crippen LogP contribution in [0, 0.1) is 13.8 Å². The third-order valence-electron chi connectivity index (χ3n) is 8.70. The number of halogens is 6. The van der Waals surface area contributed by atoms with E-state index in [1.54, 1.807) is 75.2 Å². The molecule has 1 aliphatic heterocycles. The number of nitrogens with one attached hydrogen (secondary N) is 1. The molecule has 0 aliphatic carbocycles. The quantitative estimate of drug-likeness (QED) is 0.0886. The minimum atomic E-state index is -4.68. The summed E-state index contributed by atoms with van der Waals surface area (Å²) in [5.41, 5.74) is 12.5. The number of benzene rings is 2. The average Bonchev–Trinajstić information content (AvgIpc) is 3.76. The van der Waals surface area contributed by atoms with Gasteiger partial charge in [-0.1, -0.05) is 12.1 Å². The van der Waals surface area contributed by atoms with Crippen LogP contribution in [0.2, 0.25) is 0 Å². The van der Waals surface area contributed by atoms with E-state index in [-0.39, 0.29) is 30.3 Å². The van der Waals surface area contributed by atoms with E-state index >= 15 is 0 Å². The first-order valence-corrected chi connectivity index (χ1v) is 16.9. The molecule has 1 saturated heterocycles. The van der Waals surface area contributed by atoms with E-state index in [2.05, 4.69) is 19.8 Å². The van der Waals surface area contributed by atoms with Crippen molar-refractivity contribution < 1.29 is 40.6 Å². The highest BCUT2D eigenvalue weighted by Crippen LogP contribution is 2.33. The van der Waals surface area contributed by atoms with E-state index in [9.17, 15) is 35.9 Å². The van der Waals surface area contributed by atoms with Crippen molar-refractivity contribution in [3.8, 4) is 22.3 Å². The molecule has 1 unspecified atom stereocenters. The Kier molecular flexibility index (Phi) is 12.2. The number of pyridine rings is 2. The van der Waals surface area contributed by atoms with E-state index in [0.717, 1.165) is 35.1 Å². The van der Waals surface area contributed by atoms with Crippen LogP contribution in [0.25, 0.3) is 33.3 Å². The highest BCUT2D eigenvalue weighted by atomic mass is 19.4. The molecule has 290 valence electrons. The van der Waals surface area contributed by atoms with Crippen LogP contribution >= 0.6 is 0 Å². The Balaban J connectivity index is 0.000000213. The fraction of sp³-hybridized carbons (Fsp3) is 0.378. The van der Waals surface area contributed by atoms with Crippen molar-refractivity contribution in [1.29, 1.82) is 0 Å². The van der Waals surface area contributed by atoms with Gasteiger partial charge in [-0.2, -0.15) is 0 Å². The Labute approximate surface area is 305 Å². The second-order valence-electron chi connectivity index (χ2n) is 12.8. The van der Waals surface area contributed by atoms with Gasteiger partial charge in [-0.25, -0.2) is 4.98 Å². The number of aromatic nitrogens is 4. The molecule has 3 N–H and O–H groups in total. The first-order valence-electron chi connectivity index (χ1n) is 16.9. The fourth-order valence-electron chi connectivity index (χ4n) is 6.15. The summed E-state index contributed by atoms with van der Waals surface area (Å²) < 4.78 is 91.5. The highest BCUT2D eigenvalue weighted by Gasteiger charge is 2.30. The Morgan fingerprint density at radius 2 is 1.41 bits per heavy atom. The van der Waals surface area contributed by atoms with Gasteiger partial charge in [0.2, 0.25) is 0 Å². The van der Waals surface area contributed by atoms with Crippen molar-refractivity contribution in [2.24, 2.45) is 14.1 Å². The fourth-order valence-corrected chi connectivity index (χ4v) is 6.15. The van der Waals surface area contributed by atoms with Crippen LogP contribution in [0.5, 0.6) is 0 Å². The molecule has 0 bridgehead atoms. The molecule has 11 nitrogen and oxygen atoms in total. The van der Waals surface area contributed by atoms with Gasteiger partial charge in [0, 0.05) is 57.3 Å². The number of anilines is 2. The number of nitrogens with two attached hydrogens (primary N) is 1. The molecule has 0 radical (unpaired) electrons. The largest absolute Gasteiger partial charge is 0.522 e. The molecule has 0 saturated carbocycles. The number of ether oxygens (including phenoxy) is 3. The predicted molar refractivity (Wildman–Crippen MR) is 192 cm³/mol. The van der Waals surface area contributed by atoms with Gasteiger partial charge in [0.25, 0.3) is 11.1 Å². The van der Waals surface area contributed by atoms with Gasteiger partial charge in [-0.05, 0) is 85.3 Å². The molecule has 6 rings (SSSR count). The smallest absolute Gasteiger partial charge is 0.397 e.